The number of unbranched alkanes of at least 4 members (excludes halogenated alkanes) is 1. The molecule has 1 aromatic carbocycles. The van der Waals surface area contributed by atoms with Crippen LogP contribution in [0.1, 0.15) is 18.4 Å². The average molecular weight is 207 g/mol. The number of hydrogen-bond acceptors (Lipinski definition) is 2. The van der Waals surface area contributed by atoms with Crippen LogP contribution in [0.3, 0.4) is 0 Å². The second kappa shape index (κ2) is 6.05. The molecule has 0 spiro atoms. The Morgan fingerprint density at radius 3 is 2.87 bits per heavy atom. The van der Waals surface area contributed by atoms with E-state index in [1.807, 2.05) is 0 Å². The van der Waals surface area contributed by atoms with Crippen LogP contribution in [0, 0.1) is 18.2 Å². The predicted octanol–water partition coefficient (Wildman–Crippen LogP) is 2.08. The topological polar surface area (TPSA) is 35.2 Å². The molecule has 0 aromatic heterocycles. The van der Waals surface area contributed by atoms with E-state index < -0.39 is 0 Å². The minimum atomic E-state index is -0.376. The van der Waals surface area contributed by atoms with Gasteiger partial charge in [-0.25, -0.2) is 4.39 Å². The summed E-state index contributed by atoms with van der Waals surface area (Å²) in [6.45, 7) is 0.761. The summed E-state index contributed by atoms with van der Waals surface area (Å²) in [5, 5.41) is 0. The summed E-state index contributed by atoms with van der Waals surface area (Å²) < 4.78 is 18.6. The lowest BCUT2D eigenvalue weighted by atomic mass is 10.2. The molecule has 3 heteroatoms. The summed E-state index contributed by atoms with van der Waals surface area (Å²) in [6, 6.07) is 4.73. The zero-order chi connectivity index (χ0) is 11.1. The molecule has 0 bridgehead atoms. The van der Waals surface area contributed by atoms with Crippen molar-refractivity contribution in [2.75, 3.05) is 6.61 Å². The molecular weight excluding hydrogens is 193 g/mol. The first-order chi connectivity index (χ1) is 7.27. The van der Waals surface area contributed by atoms with Gasteiger partial charge in [-0.2, -0.15) is 0 Å². The molecule has 0 aliphatic rings. The Hall–Kier alpha value is -1.53. The summed E-state index contributed by atoms with van der Waals surface area (Å²) in [4.78, 5) is 0. The van der Waals surface area contributed by atoms with Gasteiger partial charge < -0.3 is 10.5 Å². The van der Waals surface area contributed by atoms with Crippen molar-refractivity contribution in [1.29, 1.82) is 0 Å². The quantitative estimate of drug-likeness (QED) is 0.592. The van der Waals surface area contributed by atoms with Gasteiger partial charge in [-0.05, 0) is 24.1 Å². The van der Waals surface area contributed by atoms with Gasteiger partial charge >= 0.3 is 0 Å². The Morgan fingerprint density at radius 1 is 1.47 bits per heavy atom. The molecule has 0 fully saturated rings. The number of hydrogen-bond donors (Lipinski definition) is 1. The van der Waals surface area contributed by atoms with E-state index in [1.54, 1.807) is 12.1 Å². The Morgan fingerprint density at radius 2 is 2.27 bits per heavy atom. The highest BCUT2D eigenvalue weighted by molar-refractivity contribution is 5.29. The molecule has 0 heterocycles. The normalized spacial score (nSPS) is 9.67. The number of benzene rings is 1. The lowest BCUT2D eigenvalue weighted by molar-refractivity contribution is 0.297. The predicted molar refractivity (Wildman–Crippen MR) is 57.9 cm³/mol. The zero-order valence-corrected chi connectivity index (χ0v) is 8.50. The number of terminal acetylenes is 1. The molecule has 0 atom stereocenters. The van der Waals surface area contributed by atoms with Gasteiger partial charge in [0.2, 0.25) is 0 Å². The second-order valence-corrected chi connectivity index (χ2v) is 3.13. The third-order valence-electron chi connectivity index (χ3n) is 1.96. The van der Waals surface area contributed by atoms with E-state index in [9.17, 15) is 4.39 Å². The van der Waals surface area contributed by atoms with Gasteiger partial charge in [0.15, 0.2) is 11.6 Å². The van der Waals surface area contributed by atoms with Crippen LogP contribution in [0.4, 0.5) is 4.39 Å². The number of rotatable bonds is 5. The first-order valence-electron chi connectivity index (χ1n) is 4.82. The van der Waals surface area contributed by atoms with Crippen molar-refractivity contribution in [3.8, 4) is 18.1 Å². The maximum atomic E-state index is 13.3. The largest absolute Gasteiger partial charge is 0.490 e. The van der Waals surface area contributed by atoms with Crippen LogP contribution in [-0.2, 0) is 6.54 Å². The number of halogens is 1. The molecular formula is C12H14FNO. The summed E-state index contributed by atoms with van der Waals surface area (Å²) in [7, 11) is 0. The van der Waals surface area contributed by atoms with Crippen molar-refractivity contribution in [3.63, 3.8) is 0 Å². The lowest BCUT2D eigenvalue weighted by Crippen LogP contribution is -2.01. The summed E-state index contributed by atoms with van der Waals surface area (Å²) in [6.07, 6.45) is 6.45. The van der Waals surface area contributed by atoms with Crippen molar-refractivity contribution < 1.29 is 9.13 Å². The molecule has 0 saturated carbocycles. The summed E-state index contributed by atoms with van der Waals surface area (Å²) in [5.74, 6) is 2.37. The van der Waals surface area contributed by atoms with Gasteiger partial charge in [-0.15, -0.1) is 12.3 Å². The molecule has 1 aromatic rings. The Labute approximate surface area is 89.2 Å². The molecule has 0 aliphatic carbocycles. The average Bonchev–Trinajstić information content (AvgIpc) is 2.26. The van der Waals surface area contributed by atoms with Gasteiger partial charge in [0, 0.05) is 13.0 Å². The minimum Gasteiger partial charge on any atom is -0.490 e. The molecule has 0 saturated heterocycles. The zero-order valence-electron chi connectivity index (χ0n) is 8.50. The molecule has 1 rings (SSSR count). The van der Waals surface area contributed by atoms with Gasteiger partial charge in [0.25, 0.3) is 0 Å². The SMILES string of the molecule is C#CCCCOc1ccc(CN)cc1F. The molecule has 0 unspecified atom stereocenters. The van der Waals surface area contributed by atoms with Crippen molar-refractivity contribution >= 4 is 0 Å². The Balaban J connectivity index is 2.51. The first kappa shape index (κ1) is 11.5. The molecule has 0 radical (unpaired) electrons. The minimum absolute atomic E-state index is 0.254. The van der Waals surface area contributed by atoms with E-state index in [4.69, 9.17) is 16.9 Å². The highest BCUT2D eigenvalue weighted by atomic mass is 19.1. The summed E-state index contributed by atoms with van der Waals surface area (Å²) >= 11 is 0. The second-order valence-electron chi connectivity index (χ2n) is 3.13. The smallest absolute Gasteiger partial charge is 0.165 e. The third kappa shape index (κ3) is 3.61. The highest BCUT2D eigenvalue weighted by Crippen LogP contribution is 2.18. The maximum absolute atomic E-state index is 13.3. The maximum Gasteiger partial charge on any atom is 0.165 e. The van der Waals surface area contributed by atoms with Crippen LogP contribution in [0.25, 0.3) is 0 Å². The van der Waals surface area contributed by atoms with E-state index >= 15 is 0 Å². The fourth-order valence-electron chi connectivity index (χ4n) is 1.14. The van der Waals surface area contributed by atoms with Crippen LogP contribution in [0.2, 0.25) is 0 Å². The van der Waals surface area contributed by atoms with E-state index in [0.29, 0.717) is 19.6 Å². The van der Waals surface area contributed by atoms with Gasteiger partial charge in [0.1, 0.15) is 0 Å². The fourth-order valence-corrected chi connectivity index (χ4v) is 1.14. The van der Waals surface area contributed by atoms with Gasteiger partial charge in [-0.3, -0.25) is 0 Å². The van der Waals surface area contributed by atoms with Crippen molar-refractivity contribution in [2.24, 2.45) is 5.73 Å². The fraction of sp³-hybridized carbons (Fsp3) is 0.333. The van der Waals surface area contributed by atoms with E-state index in [2.05, 4.69) is 5.92 Å². The van der Waals surface area contributed by atoms with Crippen LogP contribution >= 0.6 is 0 Å². The number of nitrogens with two attached hydrogens (primary N) is 1. The van der Waals surface area contributed by atoms with Gasteiger partial charge in [0.05, 0.1) is 6.61 Å². The summed E-state index contributed by atoms with van der Waals surface area (Å²) in [5.41, 5.74) is 6.13. The molecule has 2 N–H and O–H groups in total. The Kier molecular flexibility index (Phi) is 4.65. The molecule has 2 nitrogen and oxygen atoms in total. The van der Waals surface area contributed by atoms with Crippen molar-refractivity contribution in [1.82, 2.24) is 0 Å². The van der Waals surface area contributed by atoms with E-state index in [1.165, 1.54) is 6.07 Å². The van der Waals surface area contributed by atoms with Crippen LogP contribution in [-0.4, -0.2) is 6.61 Å². The van der Waals surface area contributed by atoms with Crippen LogP contribution < -0.4 is 10.5 Å². The first-order valence-corrected chi connectivity index (χ1v) is 4.82. The monoisotopic (exact) mass is 207 g/mol. The number of ether oxygens (including phenoxy) is 1. The van der Waals surface area contributed by atoms with Crippen molar-refractivity contribution in [2.45, 2.75) is 19.4 Å². The van der Waals surface area contributed by atoms with E-state index in [-0.39, 0.29) is 11.6 Å². The van der Waals surface area contributed by atoms with Gasteiger partial charge in [-0.1, -0.05) is 6.07 Å². The van der Waals surface area contributed by atoms with Crippen molar-refractivity contribution in [3.05, 3.63) is 29.6 Å². The Bertz CT molecular complexity index is 357. The standard InChI is InChI=1S/C12H14FNO/c1-2-3-4-7-15-12-6-5-10(9-14)8-11(12)13/h1,5-6,8H,3-4,7,9,14H2. The lowest BCUT2D eigenvalue weighted by Gasteiger charge is -2.07. The van der Waals surface area contributed by atoms with E-state index in [0.717, 1.165) is 12.0 Å². The molecule has 0 aliphatic heterocycles. The molecule has 80 valence electrons. The third-order valence-corrected chi connectivity index (χ3v) is 1.96. The highest BCUT2D eigenvalue weighted by Gasteiger charge is 2.03. The van der Waals surface area contributed by atoms with Crippen LogP contribution in [0.5, 0.6) is 5.75 Å². The molecule has 15 heavy (non-hydrogen) atoms. The molecule has 0 amide bonds. The van der Waals surface area contributed by atoms with Crippen LogP contribution in [0.15, 0.2) is 18.2 Å².